The van der Waals surface area contributed by atoms with Crippen LogP contribution in [0.5, 0.6) is 0 Å². The Morgan fingerprint density at radius 1 is 1.12 bits per heavy atom. The molecule has 6 heteroatoms. The molecule has 3 nitrogen and oxygen atoms in total. The average Bonchev–Trinajstić information content (AvgIpc) is 3.08. The summed E-state index contributed by atoms with van der Waals surface area (Å²) in [5.74, 6) is 0.880. The summed E-state index contributed by atoms with van der Waals surface area (Å²) >= 11 is 1.23. The fourth-order valence-electron chi connectivity index (χ4n) is 7.14. The molecule has 1 N–H and O–H groups in total. The monoisotopic (exact) mass is 571 g/mol. The van der Waals surface area contributed by atoms with Crippen LogP contribution in [0, 0.1) is 23.2 Å². The van der Waals surface area contributed by atoms with Gasteiger partial charge in [0.2, 0.25) is 0 Å². The van der Waals surface area contributed by atoms with E-state index >= 15 is 0 Å². The number of ether oxygens (including phenoxy) is 1. The highest BCUT2D eigenvalue weighted by Crippen LogP contribution is 2.54. The maximum Gasteiger partial charge on any atom is 0.318 e. The van der Waals surface area contributed by atoms with Crippen LogP contribution in [0.1, 0.15) is 78.6 Å². The van der Waals surface area contributed by atoms with E-state index < -0.39 is 10.0 Å². The molecule has 33 heavy (non-hydrogen) atoms. The van der Waals surface area contributed by atoms with E-state index in [0.29, 0.717) is 18.8 Å². The minimum atomic E-state index is -2.80. The van der Waals surface area contributed by atoms with Crippen molar-refractivity contribution in [3.63, 3.8) is 0 Å². The Morgan fingerprint density at radius 2 is 1.85 bits per heavy atom. The van der Waals surface area contributed by atoms with Crippen molar-refractivity contribution in [2.24, 2.45) is 28.2 Å². The molecule has 0 aromatic rings. The first-order valence-corrected chi connectivity index (χ1v) is 13.7. The molecule has 0 amide bonds. The van der Waals surface area contributed by atoms with Crippen LogP contribution >= 0.6 is 22.6 Å². The molecule has 5 atom stereocenters. The average molecular weight is 571 g/mol. The molecule has 5 aliphatic rings. The van der Waals surface area contributed by atoms with Crippen LogP contribution in [0.3, 0.4) is 0 Å². The zero-order valence-electron chi connectivity index (χ0n) is 19.9. The zero-order valence-corrected chi connectivity index (χ0v) is 22.1. The first-order valence-electron chi connectivity index (χ1n) is 12.7. The molecule has 0 aromatic carbocycles. The summed E-state index contributed by atoms with van der Waals surface area (Å²) in [4.78, 5) is 5.18. The predicted octanol–water partition coefficient (Wildman–Crippen LogP) is 7.15. The molecule has 182 valence electrons. The summed E-state index contributed by atoms with van der Waals surface area (Å²) in [5, 5.41) is 11.4. The minimum Gasteiger partial charge on any atom is -0.389 e. The van der Waals surface area contributed by atoms with Crippen molar-refractivity contribution >= 4 is 28.3 Å². The maximum atomic E-state index is 13.8. The minimum absolute atomic E-state index is 0.0339. The summed E-state index contributed by atoms with van der Waals surface area (Å²) in [6.45, 7) is 6.53. The summed E-state index contributed by atoms with van der Waals surface area (Å²) in [7, 11) is 0. The van der Waals surface area contributed by atoms with E-state index in [0.717, 1.165) is 29.8 Å². The second kappa shape index (κ2) is 8.81. The third-order valence-corrected chi connectivity index (χ3v) is 9.29. The largest absolute Gasteiger partial charge is 0.389 e. The van der Waals surface area contributed by atoms with Crippen LogP contribution in [0.15, 0.2) is 39.6 Å². The topological polar surface area (TPSA) is 41.8 Å². The van der Waals surface area contributed by atoms with Crippen LogP contribution in [-0.2, 0) is 4.74 Å². The number of aliphatic hydroxyl groups is 1. The summed E-state index contributed by atoms with van der Waals surface area (Å²) in [6.07, 6.45) is 11.6. The SMILES string of the molecule is CC1OC(C2=CC=C(C(F)(F)I)CC2)C2C1=NC1=C(C(O)CC(C)(C)C1)C2C1CCCCC1. The van der Waals surface area contributed by atoms with Gasteiger partial charge in [-0.05, 0) is 73.8 Å². The Labute approximate surface area is 210 Å². The van der Waals surface area contributed by atoms with Crippen LogP contribution < -0.4 is 0 Å². The number of hydrogen-bond acceptors (Lipinski definition) is 3. The van der Waals surface area contributed by atoms with Gasteiger partial charge in [-0.2, -0.15) is 8.78 Å². The highest BCUT2D eigenvalue weighted by molar-refractivity contribution is 14.1. The van der Waals surface area contributed by atoms with Gasteiger partial charge in [-0.15, -0.1) is 0 Å². The Kier molecular flexibility index (Phi) is 6.43. The molecular weight excluding hydrogens is 535 g/mol. The molecule has 0 aromatic heterocycles. The van der Waals surface area contributed by atoms with Crippen LogP contribution in [0.25, 0.3) is 0 Å². The fraction of sp³-hybridized carbons (Fsp3) is 0.741. The Hall–Kier alpha value is -0.600. The van der Waals surface area contributed by atoms with Crippen molar-refractivity contribution in [1.29, 1.82) is 0 Å². The normalized spacial score (nSPS) is 37.2. The first kappa shape index (κ1) is 24.1. The van der Waals surface area contributed by atoms with Crippen LogP contribution in [0.2, 0.25) is 0 Å². The van der Waals surface area contributed by atoms with Crippen molar-refractivity contribution in [3.05, 3.63) is 34.6 Å². The summed E-state index contributed by atoms with van der Waals surface area (Å²) in [6, 6.07) is 0. The molecule has 0 bridgehead atoms. The second-order valence-corrected chi connectivity index (χ2v) is 12.9. The highest BCUT2D eigenvalue weighted by Gasteiger charge is 2.53. The van der Waals surface area contributed by atoms with Gasteiger partial charge in [0.25, 0.3) is 0 Å². The lowest BCUT2D eigenvalue weighted by atomic mass is 9.61. The molecule has 2 fully saturated rings. The predicted molar refractivity (Wildman–Crippen MR) is 136 cm³/mol. The number of hydrogen-bond donors (Lipinski definition) is 1. The van der Waals surface area contributed by atoms with E-state index in [-0.39, 0.29) is 35.0 Å². The number of nitrogens with zero attached hydrogens (tertiary/aromatic N) is 1. The number of aliphatic imine (C=N–C) groups is 1. The Balaban J connectivity index is 1.55. The second-order valence-electron chi connectivity index (χ2n) is 11.6. The van der Waals surface area contributed by atoms with Gasteiger partial charge in [-0.1, -0.05) is 45.3 Å². The molecule has 0 spiro atoms. The first-order chi connectivity index (χ1) is 15.5. The van der Waals surface area contributed by atoms with Gasteiger partial charge < -0.3 is 9.84 Å². The van der Waals surface area contributed by atoms with E-state index in [9.17, 15) is 13.9 Å². The smallest absolute Gasteiger partial charge is 0.318 e. The number of aliphatic hydroxyl groups excluding tert-OH is 1. The summed E-state index contributed by atoms with van der Waals surface area (Å²) in [5.41, 5.74) is 4.72. The van der Waals surface area contributed by atoms with Gasteiger partial charge in [0.1, 0.15) is 0 Å². The highest BCUT2D eigenvalue weighted by atomic mass is 127. The van der Waals surface area contributed by atoms with Gasteiger partial charge in [0.15, 0.2) is 0 Å². The molecule has 3 aliphatic carbocycles. The van der Waals surface area contributed by atoms with Crippen molar-refractivity contribution < 1.29 is 18.6 Å². The lowest BCUT2D eigenvalue weighted by Gasteiger charge is -2.46. The third-order valence-electron chi connectivity index (χ3n) is 8.60. The maximum absolute atomic E-state index is 13.8. The van der Waals surface area contributed by atoms with Gasteiger partial charge in [-0.3, -0.25) is 4.99 Å². The number of alkyl halides is 3. The van der Waals surface area contributed by atoms with Gasteiger partial charge in [0, 0.05) is 39.8 Å². The quantitative estimate of drug-likeness (QED) is 0.289. The van der Waals surface area contributed by atoms with Crippen LogP contribution in [0.4, 0.5) is 8.78 Å². The Morgan fingerprint density at radius 3 is 2.48 bits per heavy atom. The molecule has 0 radical (unpaired) electrons. The molecule has 1 saturated heterocycles. The van der Waals surface area contributed by atoms with Crippen LogP contribution in [-0.4, -0.2) is 33.1 Å². The number of fused-ring (bicyclic) bond motifs is 1. The van der Waals surface area contributed by atoms with Crippen molar-refractivity contribution in [2.45, 2.75) is 101 Å². The van der Waals surface area contributed by atoms with Gasteiger partial charge in [-0.25, -0.2) is 0 Å². The molecule has 1 saturated carbocycles. The van der Waals surface area contributed by atoms with Crippen molar-refractivity contribution in [3.8, 4) is 0 Å². The standard InChI is InChI=1S/C27H36F2INO2/c1-15-24-23(25(33-15)17-9-11-18(12-10-17)27(28,29)30)21(16-7-5-4-6-8-16)22-19(31-24)13-26(2,3)14-20(22)32/h9,11,15-16,20-21,23,25,32H,4-8,10,12-14H2,1-3H3. The molecule has 5 unspecified atom stereocenters. The van der Waals surface area contributed by atoms with Crippen molar-refractivity contribution in [1.82, 2.24) is 0 Å². The number of rotatable bonds is 3. The van der Waals surface area contributed by atoms with E-state index in [1.54, 1.807) is 6.08 Å². The van der Waals surface area contributed by atoms with E-state index in [1.807, 2.05) is 6.08 Å². The fourth-order valence-corrected chi connectivity index (χ4v) is 7.59. The van der Waals surface area contributed by atoms with E-state index in [2.05, 4.69) is 20.8 Å². The van der Waals surface area contributed by atoms with E-state index in [4.69, 9.17) is 9.73 Å². The molecular formula is C27H36F2INO2. The lowest BCUT2D eigenvalue weighted by Crippen LogP contribution is -2.45. The number of halogens is 3. The number of allylic oxidation sites excluding steroid dienone is 4. The lowest BCUT2D eigenvalue weighted by molar-refractivity contribution is 0.0419. The molecule has 5 rings (SSSR count). The Bertz CT molecular complexity index is 923. The summed E-state index contributed by atoms with van der Waals surface area (Å²) < 4.78 is 31.4. The molecule has 2 heterocycles. The van der Waals surface area contributed by atoms with Crippen molar-refractivity contribution in [2.75, 3.05) is 0 Å². The third kappa shape index (κ3) is 4.53. The zero-order chi connectivity index (χ0) is 23.5. The molecule has 2 aliphatic heterocycles. The van der Waals surface area contributed by atoms with Gasteiger partial charge in [0.05, 0.1) is 24.0 Å². The van der Waals surface area contributed by atoms with E-state index in [1.165, 1.54) is 60.3 Å². The van der Waals surface area contributed by atoms with Gasteiger partial charge >= 0.3 is 3.93 Å².